The Kier molecular flexibility index (Phi) is 2.76. The first-order valence-electron chi connectivity index (χ1n) is 5.50. The van der Waals surface area contributed by atoms with Crippen LogP contribution in [0.2, 0.25) is 0 Å². The number of ether oxygens (including phenoxy) is 1. The fourth-order valence-corrected chi connectivity index (χ4v) is 1.93. The molecule has 1 aliphatic heterocycles. The van der Waals surface area contributed by atoms with E-state index in [4.69, 9.17) is 4.74 Å². The molecule has 0 saturated heterocycles. The SMILES string of the molecule is CC(C)CCC1Cc2ccccc2O1. The first-order chi connectivity index (χ1) is 6.75. The molecule has 1 aliphatic rings. The van der Waals surface area contributed by atoms with Gasteiger partial charge in [0.25, 0.3) is 0 Å². The van der Waals surface area contributed by atoms with Crippen LogP contribution in [0.25, 0.3) is 0 Å². The Bertz CT molecular complexity index is 279. The Hall–Kier alpha value is -0.980. The molecule has 1 heterocycles. The van der Waals surface area contributed by atoms with Crippen LogP contribution in [0.15, 0.2) is 24.3 Å². The number of hydrogen-bond acceptors (Lipinski definition) is 1. The fourth-order valence-electron chi connectivity index (χ4n) is 1.93. The zero-order chi connectivity index (χ0) is 9.97. The second-order valence-corrected chi connectivity index (χ2v) is 4.52. The minimum Gasteiger partial charge on any atom is -0.490 e. The van der Waals surface area contributed by atoms with Gasteiger partial charge in [0, 0.05) is 6.42 Å². The molecule has 1 unspecified atom stereocenters. The first-order valence-corrected chi connectivity index (χ1v) is 5.50. The van der Waals surface area contributed by atoms with Crippen molar-refractivity contribution < 1.29 is 4.74 Å². The van der Waals surface area contributed by atoms with E-state index in [1.165, 1.54) is 18.4 Å². The fraction of sp³-hybridized carbons (Fsp3) is 0.538. The van der Waals surface area contributed by atoms with E-state index in [9.17, 15) is 0 Å². The lowest BCUT2D eigenvalue weighted by atomic mass is 10.0. The lowest BCUT2D eigenvalue weighted by Gasteiger charge is -2.11. The van der Waals surface area contributed by atoms with Crippen molar-refractivity contribution in [3.8, 4) is 5.75 Å². The van der Waals surface area contributed by atoms with Gasteiger partial charge in [0.15, 0.2) is 0 Å². The van der Waals surface area contributed by atoms with Gasteiger partial charge in [-0.2, -0.15) is 0 Å². The van der Waals surface area contributed by atoms with Crippen molar-refractivity contribution in [3.05, 3.63) is 29.8 Å². The van der Waals surface area contributed by atoms with Crippen LogP contribution in [0.3, 0.4) is 0 Å². The topological polar surface area (TPSA) is 9.23 Å². The van der Waals surface area contributed by atoms with Gasteiger partial charge in [-0.1, -0.05) is 32.0 Å². The lowest BCUT2D eigenvalue weighted by molar-refractivity contribution is 0.211. The summed E-state index contributed by atoms with van der Waals surface area (Å²) in [5.74, 6) is 1.88. The number of rotatable bonds is 3. The first kappa shape index (κ1) is 9.57. The minimum atomic E-state index is 0.426. The molecule has 0 spiro atoms. The number of para-hydroxylation sites is 1. The summed E-state index contributed by atoms with van der Waals surface area (Å²) in [6.07, 6.45) is 3.98. The molecule has 0 saturated carbocycles. The maximum atomic E-state index is 5.86. The average Bonchev–Trinajstić information content (AvgIpc) is 2.57. The van der Waals surface area contributed by atoms with E-state index >= 15 is 0 Å². The molecule has 1 atom stereocenters. The molecule has 14 heavy (non-hydrogen) atoms. The number of fused-ring (bicyclic) bond motifs is 1. The summed E-state index contributed by atoms with van der Waals surface area (Å²) < 4.78 is 5.86. The summed E-state index contributed by atoms with van der Waals surface area (Å²) >= 11 is 0. The van der Waals surface area contributed by atoms with Crippen LogP contribution in [0.4, 0.5) is 0 Å². The molecule has 2 rings (SSSR count). The zero-order valence-electron chi connectivity index (χ0n) is 8.99. The predicted molar refractivity (Wildman–Crippen MR) is 58.6 cm³/mol. The van der Waals surface area contributed by atoms with Gasteiger partial charge in [-0.25, -0.2) is 0 Å². The molecule has 76 valence electrons. The van der Waals surface area contributed by atoms with Crippen molar-refractivity contribution in [2.24, 2.45) is 5.92 Å². The molecule has 0 N–H and O–H groups in total. The highest BCUT2D eigenvalue weighted by molar-refractivity contribution is 5.37. The van der Waals surface area contributed by atoms with E-state index < -0.39 is 0 Å². The molecule has 1 aromatic carbocycles. The van der Waals surface area contributed by atoms with Crippen molar-refractivity contribution >= 4 is 0 Å². The predicted octanol–water partition coefficient (Wildman–Crippen LogP) is 3.43. The molecule has 0 aliphatic carbocycles. The Morgan fingerprint density at radius 2 is 2.14 bits per heavy atom. The molecule has 1 aromatic rings. The van der Waals surface area contributed by atoms with Crippen LogP contribution in [-0.4, -0.2) is 6.10 Å². The van der Waals surface area contributed by atoms with Gasteiger partial charge >= 0.3 is 0 Å². The molecule has 1 heteroatoms. The van der Waals surface area contributed by atoms with Gasteiger partial charge in [0.2, 0.25) is 0 Å². The summed E-state index contributed by atoms with van der Waals surface area (Å²) in [5, 5.41) is 0. The quantitative estimate of drug-likeness (QED) is 0.709. The van der Waals surface area contributed by atoms with Crippen LogP contribution < -0.4 is 4.74 Å². The molecular weight excluding hydrogens is 172 g/mol. The van der Waals surface area contributed by atoms with Crippen molar-refractivity contribution in [2.75, 3.05) is 0 Å². The number of benzene rings is 1. The van der Waals surface area contributed by atoms with Crippen molar-refractivity contribution in [1.82, 2.24) is 0 Å². The molecule has 0 bridgehead atoms. The van der Waals surface area contributed by atoms with E-state index in [1.54, 1.807) is 0 Å². The van der Waals surface area contributed by atoms with E-state index in [0.717, 1.165) is 18.1 Å². The normalized spacial score (nSPS) is 19.5. The van der Waals surface area contributed by atoms with Gasteiger partial charge in [0.1, 0.15) is 11.9 Å². The highest BCUT2D eigenvalue weighted by Gasteiger charge is 2.21. The van der Waals surface area contributed by atoms with Gasteiger partial charge in [-0.3, -0.25) is 0 Å². The summed E-state index contributed by atoms with van der Waals surface area (Å²) in [5.41, 5.74) is 1.38. The average molecular weight is 190 g/mol. The molecule has 0 aromatic heterocycles. The molecule has 1 nitrogen and oxygen atoms in total. The minimum absolute atomic E-state index is 0.426. The zero-order valence-corrected chi connectivity index (χ0v) is 8.99. The summed E-state index contributed by atoms with van der Waals surface area (Å²) in [6, 6.07) is 8.38. The maximum Gasteiger partial charge on any atom is 0.123 e. The Labute approximate surface area is 86.1 Å². The van der Waals surface area contributed by atoms with Crippen LogP contribution in [0.5, 0.6) is 5.75 Å². The van der Waals surface area contributed by atoms with Crippen LogP contribution in [0, 0.1) is 5.92 Å². The summed E-state index contributed by atoms with van der Waals surface area (Å²) in [4.78, 5) is 0. The van der Waals surface area contributed by atoms with Crippen molar-refractivity contribution in [2.45, 2.75) is 39.2 Å². The standard InChI is InChI=1S/C13H18O/c1-10(2)7-8-12-9-11-5-3-4-6-13(11)14-12/h3-6,10,12H,7-9H2,1-2H3. The maximum absolute atomic E-state index is 5.86. The Morgan fingerprint density at radius 3 is 2.86 bits per heavy atom. The molecular formula is C13H18O. The van der Waals surface area contributed by atoms with Crippen LogP contribution in [0.1, 0.15) is 32.3 Å². The molecule has 0 radical (unpaired) electrons. The van der Waals surface area contributed by atoms with Crippen LogP contribution >= 0.6 is 0 Å². The van der Waals surface area contributed by atoms with E-state index in [2.05, 4.69) is 32.0 Å². The van der Waals surface area contributed by atoms with Gasteiger partial charge in [-0.15, -0.1) is 0 Å². The second-order valence-electron chi connectivity index (χ2n) is 4.52. The van der Waals surface area contributed by atoms with Gasteiger partial charge in [-0.05, 0) is 30.4 Å². The lowest BCUT2D eigenvalue weighted by Crippen LogP contribution is -2.13. The third-order valence-corrected chi connectivity index (χ3v) is 2.78. The highest BCUT2D eigenvalue weighted by atomic mass is 16.5. The monoisotopic (exact) mass is 190 g/mol. The Morgan fingerprint density at radius 1 is 1.36 bits per heavy atom. The second kappa shape index (κ2) is 4.04. The van der Waals surface area contributed by atoms with Crippen molar-refractivity contribution in [1.29, 1.82) is 0 Å². The van der Waals surface area contributed by atoms with Crippen molar-refractivity contribution in [3.63, 3.8) is 0 Å². The third-order valence-electron chi connectivity index (χ3n) is 2.78. The third kappa shape index (κ3) is 2.09. The van der Waals surface area contributed by atoms with E-state index in [0.29, 0.717) is 6.10 Å². The van der Waals surface area contributed by atoms with Gasteiger partial charge in [0.05, 0.1) is 0 Å². The Balaban J connectivity index is 1.92. The van der Waals surface area contributed by atoms with E-state index in [1.807, 2.05) is 6.07 Å². The largest absolute Gasteiger partial charge is 0.490 e. The number of hydrogen-bond donors (Lipinski definition) is 0. The van der Waals surface area contributed by atoms with Gasteiger partial charge < -0.3 is 4.74 Å². The smallest absolute Gasteiger partial charge is 0.123 e. The molecule has 0 amide bonds. The summed E-state index contributed by atoms with van der Waals surface area (Å²) in [6.45, 7) is 4.53. The summed E-state index contributed by atoms with van der Waals surface area (Å²) in [7, 11) is 0. The molecule has 0 fully saturated rings. The van der Waals surface area contributed by atoms with Crippen LogP contribution in [-0.2, 0) is 6.42 Å². The highest BCUT2D eigenvalue weighted by Crippen LogP contribution is 2.30. The van der Waals surface area contributed by atoms with E-state index in [-0.39, 0.29) is 0 Å².